The molecule has 0 spiro atoms. The molecule has 0 saturated carbocycles. The Morgan fingerprint density at radius 3 is 2.65 bits per heavy atom. The Balaban J connectivity index is 2.65. The van der Waals surface area contributed by atoms with Gasteiger partial charge in [-0.15, -0.1) is 0 Å². The lowest BCUT2D eigenvalue weighted by Crippen LogP contribution is -2.45. The van der Waals surface area contributed by atoms with E-state index in [-0.39, 0.29) is 13.0 Å². The number of esters is 1. The fourth-order valence-electron chi connectivity index (χ4n) is 1.79. The first kappa shape index (κ1) is 14.2. The van der Waals surface area contributed by atoms with Crippen LogP contribution in [0.15, 0.2) is 0 Å². The van der Waals surface area contributed by atoms with Gasteiger partial charge in [0.15, 0.2) is 6.10 Å². The number of alkyl halides is 3. The van der Waals surface area contributed by atoms with Gasteiger partial charge in [-0.2, -0.15) is 13.2 Å². The molecule has 0 radical (unpaired) electrons. The van der Waals surface area contributed by atoms with Gasteiger partial charge in [0.05, 0.1) is 13.2 Å². The zero-order valence-electron chi connectivity index (χ0n) is 9.15. The number of carbonyl (C=O) groups excluding carboxylic acids is 1. The second kappa shape index (κ2) is 5.19. The second-order valence-corrected chi connectivity index (χ2v) is 3.94. The third-order valence-corrected chi connectivity index (χ3v) is 2.64. The van der Waals surface area contributed by atoms with Gasteiger partial charge in [-0.25, -0.2) is 0 Å². The van der Waals surface area contributed by atoms with E-state index in [4.69, 9.17) is 5.11 Å². The van der Waals surface area contributed by atoms with Crippen LogP contribution in [0.4, 0.5) is 13.2 Å². The summed E-state index contributed by atoms with van der Waals surface area (Å²) in [6.45, 7) is -0.840. The summed E-state index contributed by atoms with van der Waals surface area (Å²) in [6.07, 6.45) is -8.16. The number of β-amino-alcohol motifs (C(OH)–C–C–N with tert-alkyl or cyclic N) is 2. The second-order valence-electron chi connectivity index (χ2n) is 3.94. The highest BCUT2D eigenvalue weighted by Crippen LogP contribution is 2.25. The van der Waals surface area contributed by atoms with Crippen LogP contribution in [0.3, 0.4) is 0 Å². The Bertz CT molecular complexity index is 284. The molecular formula is C9H14F3NO4. The first-order chi connectivity index (χ1) is 7.75. The van der Waals surface area contributed by atoms with E-state index in [9.17, 15) is 23.1 Å². The number of aliphatic hydroxyl groups is 2. The SMILES string of the molecule is COC(=O)[C@@H]1C[C@H](O)CN1C[C@@H](O)C(F)(F)F. The lowest BCUT2D eigenvalue weighted by molar-refractivity contribution is -0.209. The molecule has 0 aliphatic carbocycles. The van der Waals surface area contributed by atoms with Crippen molar-refractivity contribution in [3.05, 3.63) is 0 Å². The molecular weight excluding hydrogens is 243 g/mol. The third kappa shape index (κ3) is 3.55. The monoisotopic (exact) mass is 257 g/mol. The van der Waals surface area contributed by atoms with Gasteiger partial charge in [-0.3, -0.25) is 9.69 Å². The van der Waals surface area contributed by atoms with Gasteiger partial charge in [0, 0.05) is 19.5 Å². The van der Waals surface area contributed by atoms with Crippen molar-refractivity contribution in [2.75, 3.05) is 20.2 Å². The molecule has 1 fully saturated rings. The molecule has 0 bridgehead atoms. The smallest absolute Gasteiger partial charge is 0.415 e. The fraction of sp³-hybridized carbons (Fsp3) is 0.889. The molecule has 1 saturated heterocycles. The number of aliphatic hydroxyl groups excluding tert-OH is 2. The number of hydrogen-bond donors (Lipinski definition) is 2. The zero-order chi connectivity index (χ0) is 13.2. The predicted octanol–water partition coefficient (Wildman–Crippen LogP) is -0.482. The highest BCUT2D eigenvalue weighted by atomic mass is 19.4. The molecule has 0 amide bonds. The van der Waals surface area contributed by atoms with Gasteiger partial charge >= 0.3 is 12.1 Å². The Labute approximate surface area is 95.8 Å². The summed E-state index contributed by atoms with van der Waals surface area (Å²) in [4.78, 5) is 12.3. The molecule has 1 heterocycles. The number of rotatable bonds is 3. The van der Waals surface area contributed by atoms with Crippen molar-refractivity contribution in [1.82, 2.24) is 4.90 Å². The van der Waals surface area contributed by atoms with E-state index < -0.39 is 36.9 Å². The van der Waals surface area contributed by atoms with Gasteiger partial charge in [-0.05, 0) is 0 Å². The van der Waals surface area contributed by atoms with Crippen LogP contribution >= 0.6 is 0 Å². The van der Waals surface area contributed by atoms with E-state index in [1.54, 1.807) is 0 Å². The van der Waals surface area contributed by atoms with Gasteiger partial charge in [-0.1, -0.05) is 0 Å². The van der Waals surface area contributed by atoms with Gasteiger partial charge in [0.25, 0.3) is 0 Å². The number of halogens is 3. The summed E-state index contributed by atoms with van der Waals surface area (Å²) in [5, 5.41) is 18.2. The maximum atomic E-state index is 12.2. The van der Waals surface area contributed by atoms with Crippen LogP contribution in [0.25, 0.3) is 0 Å². The molecule has 2 N–H and O–H groups in total. The Hall–Kier alpha value is -0.860. The number of methoxy groups -OCH3 is 1. The van der Waals surface area contributed by atoms with Crippen molar-refractivity contribution in [2.24, 2.45) is 0 Å². The van der Waals surface area contributed by atoms with Crippen molar-refractivity contribution in [3.63, 3.8) is 0 Å². The highest BCUT2D eigenvalue weighted by Gasteiger charge is 2.44. The van der Waals surface area contributed by atoms with E-state index in [2.05, 4.69) is 4.74 Å². The fourth-order valence-corrected chi connectivity index (χ4v) is 1.79. The lowest BCUT2D eigenvalue weighted by Gasteiger charge is -2.25. The quantitative estimate of drug-likeness (QED) is 0.668. The Kier molecular flexibility index (Phi) is 4.34. The average molecular weight is 257 g/mol. The van der Waals surface area contributed by atoms with E-state index >= 15 is 0 Å². The topological polar surface area (TPSA) is 70.0 Å². The van der Waals surface area contributed by atoms with E-state index in [1.807, 2.05) is 0 Å². The predicted molar refractivity (Wildman–Crippen MR) is 50.1 cm³/mol. The van der Waals surface area contributed by atoms with Crippen LogP contribution in [0, 0.1) is 0 Å². The molecule has 17 heavy (non-hydrogen) atoms. The molecule has 1 aliphatic heterocycles. The normalized spacial score (nSPS) is 28.1. The molecule has 0 aromatic rings. The van der Waals surface area contributed by atoms with Crippen LogP contribution in [0.5, 0.6) is 0 Å². The molecule has 1 rings (SSSR count). The van der Waals surface area contributed by atoms with Crippen molar-refractivity contribution in [3.8, 4) is 0 Å². The molecule has 5 nitrogen and oxygen atoms in total. The summed E-state index contributed by atoms with van der Waals surface area (Å²) in [7, 11) is 1.12. The van der Waals surface area contributed by atoms with Crippen molar-refractivity contribution >= 4 is 5.97 Å². The summed E-state index contributed by atoms with van der Waals surface area (Å²) in [5.41, 5.74) is 0. The maximum Gasteiger partial charge on any atom is 0.415 e. The lowest BCUT2D eigenvalue weighted by atomic mass is 10.2. The van der Waals surface area contributed by atoms with Crippen LogP contribution in [0.1, 0.15) is 6.42 Å². The van der Waals surface area contributed by atoms with E-state index in [0.29, 0.717) is 0 Å². The zero-order valence-corrected chi connectivity index (χ0v) is 9.15. The molecule has 3 atom stereocenters. The minimum atomic E-state index is -4.74. The number of nitrogens with zero attached hydrogens (tertiary/aromatic N) is 1. The van der Waals surface area contributed by atoms with Crippen LogP contribution in [-0.2, 0) is 9.53 Å². The number of hydrogen-bond acceptors (Lipinski definition) is 5. The molecule has 0 unspecified atom stereocenters. The van der Waals surface area contributed by atoms with Gasteiger partial charge in [0.2, 0.25) is 0 Å². The first-order valence-corrected chi connectivity index (χ1v) is 5.00. The first-order valence-electron chi connectivity index (χ1n) is 5.00. The van der Waals surface area contributed by atoms with Crippen molar-refractivity contribution < 1.29 is 32.9 Å². The highest BCUT2D eigenvalue weighted by molar-refractivity contribution is 5.76. The summed E-state index contributed by atoms with van der Waals surface area (Å²) in [5.74, 6) is -0.712. The summed E-state index contributed by atoms with van der Waals surface area (Å²) < 4.78 is 40.9. The summed E-state index contributed by atoms with van der Waals surface area (Å²) >= 11 is 0. The standard InChI is InChI=1S/C9H14F3NO4/c1-17-8(16)6-2-5(14)3-13(6)4-7(15)9(10,11)12/h5-7,14-15H,2-4H2,1H3/t5-,6-,7+/m0/s1. The minimum absolute atomic E-state index is 0.0112. The van der Waals surface area contributed by atoms with Gasteiger partial charge < -0.3 is 14.9 Å². The molecule has 0 aromatic heterocycles. The van der Waals surface area contributed by atoms with Crippen molar-refractivity contribution in [2.45, 2.75) is 30.8 Å². The number of likely N-dealkylation sites (tertiary alicyclic amines) is 1. The molecule has 8 heteroatoms. The number of carbonyl (C=O) groups is 1. The minimum Gasteiger partial charge on any atom is -0.468 e. The largest absolute Gasteiger partial charge is 0.468 e. The van der Waals surface area contributed by atoms with Crippen LogP contribution < -0.4 is 0 Å². The maximum absolute atomic E-state index is 12.2. The Morgan fingerprint density at radius 1 is 1.59 bits per heavy atom. The van der Waals surface area contributed by atoms with Crippen molar-refractivity contribution in [1.29, 1.82) is 0 Å². The van der Waals surface area contributed by atoms with E-state index in [0.717, 1.165) is 12.0 Å². The summed E-state index contributed by atoms with van der Waals surface area (Å²) in [6, 6.07) is -0.938. The average Bonchev–Trinajstić information content (AvgIpc) is 2.57. The Morgan fingerprint density at radius 2 is 2.18 bits per heavy atom. The third-order valence-electron chi connectivity index (χ3n) is 2.64. The van der Waals surface area contributed by atoms with Crippen LogP contribution in [-0.4, -0.2) is 65.7 Å². The molecule has 100 valence electrons. The molecule has 1 aliphatic rings. The molecule has 0 aromatic carbocycles. The van der Waals surface area contributed by atoms with E-state index in [1.165, 1.54) is 0 Å². The van der Waals surface area contributed by atoms with Gasteiger partial charge in [0.1, 0.15) is 6.04 Å². The number of ether oxygens (including phenoxy) is 1. The van der Waals surface area contributed by atoms with Crippen LogP contribution in [0.2, 0.25) is 0 Å².